The van der Waals surface area contributed by atoms with E-state index in [0.29, 0.717) is 22.5 Å². The van der Waals surface area contributed by atoms with Crippen LogP contribution in [0.2, 0.25) is 0 Å². The Balaban J connectivity index is 1.29. The highest BCUT2D eigenvalue weighted by Gasteiger charge is 2.20. The number of hydrogen-bond donors (Lipinski definition) is 0. The normalized spacial score (nSPS) is 13.0. The predicted octanol–water partition coefficient (Wildman–Crippen LogP) is 12.0. The summed E-state index contributed by atoms with van der Waals surface area (Å²) in [6.07, 6.45) is 0. The minimum atomic E-state index is -0.281. The quantitative estimate of drug-likeness (QED) is 0.186. The van der Waals surface area contributed by atoms with E-state index in [2.05, 4.69) is 130 Å². The molecule has 0 spiro atoms. The third kappa shape index (κ3) is 4.05. The third-order valence-corrected chi connectivity index (χ3v) is 10.2. The van der Waals surface area contributed by atoms with Gasteiger partial charge in [0.2, 0.25) is 0 Å². The molecular formula is C47H30N4. The lowest BCUT2D eigenvalue weighted by molar-refractivity contribution is 1.01. The Morgan fingerprint density at radius 2 is 0.765 bits per heavy atom. The van der Waals surface area contributed by atoms with E-state index >= 15 is 0 Å². The summed E-state index contributed by atoms with van der Waals surface area (Å²) in [5.74, 6) is 1.23. The maximum Gasteiger partial charge on any atom is 0.140 e. The summed E-state index contributed by atoms with van der Waals surface area (Å²) in [5.41, 5.74) is 8.28. The molecular weight excluding hydrogens is 621 g/mol. The Hall–Kier alpha value is -6.91. The van der Waals surface area contributed by atoms with E-state index in [4.69, 9.17) is 9.10 Å². The summed E-state index contributed by atoms with van der Waals surface area (Å²) in [4.78, 5) is 5.43. The molecule has 0 saturated carbocycles. The number of benzene rings is 7. The molecule has 7 aromatic carbocycles. The lowest BCUT2D eigenvalue weighted by Gasteiger charge is -2.17. The van der Waals surface area contributed by atoms with E-state index in [1.54, 1.807) is 0 Å². The van der Waals surface area contributed by atoms with Crippen LogP contribution in [0.5, 0.6) is 0 Å². The van der Waals surface area contributed by atoms with Crippen LogP contribution in [0, 0.1) is 0 Å². The molecule has 0 radical (unpaired) electrons. The largest absolute Gasteiger partial charge is 0.309 e. The first-order chi connectivity index (χ1) is 27.0. The van der Waals surface area contributed by atoms with Crippen molar-refractivity contribution in [3.05, 3.63) is 182 Å². The number of nitrogens with zero attached hydrogens (tertiary/aromatic N) is 4. The van der Waals surface area contributed by atoms with Gasteiger partial charge in [0.1, 0.15) is 11.6 Å². The fourth-order valence-electron chi connectivity index (χ4n) is 8.06. The van der Waals surface area contributed by atoms with Crippen LogP contribution in [0.15, 0.2) is 182 Å². The zero-order valence-corrected chi connectivity index (χ0v) is 27.3. The highest BCUT2D eigenvalue weighted by molar-refractivity contribution is 6.11. The van der Waals surface area contributed by atoms with Gasteiger partial charge in [0.15, 0.2) is 0 Å². The van der Waals surface area contributed by atoms with Crippen LogP contribution in [0.4, 0.5) is 0 Å². The van der Waals surface area contributed by atoms with Crippen LogP contribution in [0.25, 0.3) is 93.9 Å². The zero-order valence-electron chi connectivity index (χ0n) is 31.3. The number of rotatable bonds is 4. The second-order valence-electron chi connectivity index (χ2n) is 12.9. The van der Waals surface area contributed by atoms with E-state index in [1.165, 1.54) is 10.8 Å². The molecule has 51 heavy (non-hydrogen) atoms. The monoisotopic (exact) mass is 654 g/mol. The Morgan fingerprint density at radius 3 is 1.29 bits per heavy atom. The van der Waals surface area contributed by atoms with Crippen LogP contribution in [-0.2, 0) is 0 Å². The van der Waals surface area contributed by atoms with E-state index in [-0.39, 0.29) is 24.2 Å². The average Bonchev–Trinajstić information content (AvgIpc) is 3.88. The van der Waals surface area contributed by atoms with Crippen molar-refractivity contribution in [1.29, 1.82) is 0 Å². The smallest absolute Gasteiger partial charge is 0.140 e. The minimum Gasteiger partial charge on any atom is -0.309 e. The first kappa shape index (κ1) is 24.3. The van der Waals surface area contributed by atoms with Gasteiger partial charge in [-0.15, -0.1) is 0 Å². The molecule has 238 valence electrons. The SMILES string of the molecule is [2H]c1c([2H])c([2H])c2c(c1[2H])c1ccccc1n2-c1cc(-c2ccccc2-n2c3ccccc3c3ccccc32)cc(-n2c3ccccc3c3ccccc32)n1. The van der Waals surface area contributed by atoms with Gasteiger partial charge in [-0.1, -0.05) is 127 Å². The van der Waals surface area contributed by atoms with E-state index < -0.39 is 0 Å². The number of fused-ring (bicyclic) bond motifs is 9. The molecule has 4 aromatic heterocycles. The molecule has 0 atom stereocenters. The summed E-state index contributed by atoms with van der Waals surface area (Å²) in [6.45, 7) is 0. The van der Waals surface area contributed by atoms with Crippen molar-refractivity contribution in [2.75, 3.05) is 0 Å². The predicted molar refractivity (Wildman–Crippen MR) is 213 cm³/mol. The summed E-state index contributed by atoms with van der Waals surface area (Å²) in [7, 11) is 0. The van der Waals surface area contributed by atoms with Crippen LogP contribution in [0.3, 0.4) is 0 Å². The van der Waals surface area contributed by atoms with Crippen molar-refractivity contribution < 1.29 is 5.48 Å². The Morgan fingerprint density at radius 1 is 0.373 bits per heavy atom. The summed E-state index contributed by atoms with van der Waals surface area (Å²) >= 11 is 0. The summed E-state index contributed by atoms with van der Waals surface area (Å²) in [6, 6.07) is 53.3. The molecule has 0 saturated heterocycles. The second kappa shape index (κ2) is 10.8. The first-order valence-corrected chi connectivity index (χ1v) is 17.1. The van der Waals surface area contributed by atoms with E-state index in [9.17, 15) is 1.37 Å². The van der Waals surface area contributed by atoms with E-state index in [1.807, 2.05) is 41.0 Å². The standard InChI is InChI=1S/C47H30N4/c1-8-22-39(49-40-23-9-2-16-33(40)34-17-3-10-24-41(34)49)32(15-1)31-29-46(50-42-25-11-4-18-35(42)36-19-5-12-26-43(36)50)48-47(30-31)51-44-27-13-6-20-37(44)38-21-7-14-28-45(38)51/h1-30H/i4D,11D,18D,25D. The molecule has 0 amide bonds. The van der Waals surface area contributed by atoms with Crippen molar-refractivity contribution in [3.63, 3.8) is 0 Å². The molecule has 11 rings (SSSR count). The maximum atomic E-state index is 9.21. The molecule has 0 aliphatic heterocycles. The molecule has 4 heterocycles. The first-order valence-electron chi connectivity index (χ1n) is 19.1. The van der Waals surface area contributed by atoms with Crippen molar-refractivity contribution >= 4 is 65.4 Å². The van der Waals surface area contributed by atoms with Crippen molar-refractivity contribution in [2.24, 2.45) is 0 Å². The van der Waals surface area contributed by atoms with Crippen LogP contribution < -0.4 is 0 Å². The molecule has 0 fully saturated rings. The van der Waals surface area contributed by atoms with Crippen LogP contribution in [-0.4, -0.2) is 18.7 Å². The van der Waals surface area contributed by atoms with Gasteiger partial charge in [-0.2, -0.15) is 0 Å². The van der Waals surface area contributed by atoms with Gasteiger partial charge in [-0.3, -0.25) is 9.13 Å². The van der Waals surface area contributed by atoms with Gasteiger partial charge in [-0.05, 0) is 60.1 Å². The van der Waals surface area contributed by atoms with Gasteiger partial charge in [0, 0.05) is 37.9 Å². The molecule has 0 N–H and O–H groups in total. The van der Waals surface area contributed by atoms with Gasteiger partial charge in [0.05, 0.1) is 44.3 Å². The molecule has 0 aliphatic carbocycles. The lowest BCUT2D eigenvalue weighted by Crippen LogP contribution is -2.05. The maximum absolute atomic E-state index is 9.21. The molecule has 4 nitrogen and oxygen atoms in total. The fraction of sp³-hybridized carbons (Fsp3) is 0. The van der Waals surface area contributed by atoms with Crippen molar-refractivity contribution in [2.45, 2.75) is 0 Å². The average molecular weight is 655 g/mol. The van der Waals surface area contributed by atoms with Crippen LogP contribution >= 0.6 is 0 Å². The van der Waals surface area contributed by atoms with Gasteiger partial charge < -0.3 is 4.57 Å². The van der Waals surface area contributed by atoms with Gasteiger partial charge in [-0.25, -0.2) is 4.98 Å². The van der Waals surface area contributed by atoms with Gasteiger partial charge >= 0.3 is 0 Å². The topological polar surface area (TPSA) is 27.7 Å². The molecule has 0 bridgehead atoms. The highest BCUT2D eigenvalue weighted by Crippen LogP contribution is 2.39. The number of hydrogen-bond acceptors (Lipinski definition) is 1. The highest BCUT2D eigenvalue weighted by atomic mass is 15.1. The minimum absolute atomic E-state index is 0.0681. The Kier molecular flexibility index (Phi) is 5.14. The van der Waals surface area contributed by atoms with Crippen LogP contribution in [0.1, 0.15) is 5.48 Å². The Bertz CT molecular complexity index is 3280. The van der Waals surface area contributed by atoms with Gasteiger partial charge in [0.25, 0.3) is 0 Å². The molecule has 0 unspecified atom stereocenters. The van der Waals surface area contributed by atoms with Crippen molar-refractivity contribution in [3.8, 4) is 28.5 Å². The fourth-order valence-corrected chi connectivity index (χ4v) is 8.06. The molecule has 0 aliphatic rings. The molecule has 11 aromatic rings. The summed E-state index contributed by atoms with van der Waals surface area (Å²) in [5, 5.41) is 5.79. The molecule has 4 heteroatoms. The lowest BCUT2D eigenvalue weighted by atomic mass is 10.0. The third-order valence-electron chi connectivity index (χ3n) is 10.2. The second-order valence-corrected chi connectivity index (χ2v) is 12.9. The zero-order chi connectivity index (χ0) is 36.9. The van der Waals surface area contributed by atoms with E-state index in [0.717, 1.165) is 60.6 Å². The van der Waals surface area contributed by atoms with Crippen molar-refractivity contribution in [1.82, 2.24) is 18.7 Å². The Labute approximate surface area is 299 Å². The number of aromatic nitrogens is 4. The number of para-hydroxylation sites is 7. The number of pyridine rings is 1. The summed E-state index contributed by atoms with van der Waals surface area (Å²) < 4.78 is 41.9.